The molecule has 0 aromatic rings. The molecule has 0 aromatic carbocycles. The van der Waals surface area contributed by atoms with E-state index in [4.69, 9.17) is 16.3 Å². The fraction of sp³-hybridized carbons (Fsp3) is 0.900. The van der Waals surface area contributed by atoms with Crippen molar-refractivity contribution < 1.29 is 9.53 Å². The van der Waals surface area contributed by atoms with Gasteiger partial charge in [-0.05, 0) is 26.2 Å². The molecule has 0 spiro atoms. The Kier molecular flexibility index (Phi) is 5.38. The molecule has 78 valence electrons. The van der Waals surface area contributed by atoms with Crippen molar-refractivity contribution >= 4 is 17.6 Å². The first-order chi connectivity index (χ1) is 6.02. The molecule has 1 atom stereocenters. The molecule has 0 aliphatic carbocycles. The van der Waals surface area contributed by atoms with Crippen molar-refractivity contribution in [3.63, 3.8) is 0 Å². The van der Waals surface area contributed by atoms with E-state index in [0.29, 0.717) is 0 Å². The van der Waals surface area contributed by atoms with Gasteiger partial charge in [0.25, 0.3) is 0 Å². The van der Waals surface area contributed by atoms with Gasteiger partial charge >= 0.3 is 5.97 Å². The molecule has 0 saturated heterocycles. The molecule has 0 saturated carbocycles. The lowest BCUT2D eigenvalue weighted by atomic mass is 9.80. The molecule has 2 nitrogen and oxygen atoms in total. The van der Waals surface area contributed by atoms with Crippen LogP contribution < -0.4 is 0 Å². The Morgan fingerprint density at radius 2 is 1.69 bits per heavy atom. The maximum Gasteiger partial charge on any atom is 0.313 e. The van der Waals surface area contributed by atoms with Crippen LogP contribution in [0.4, 0.5) is 0 Å². The summed E-state index contributed by atoms with van der Waals surface area (Å²) in [6.07, 6.45) is 2.42. The summed E-state index contributed by atoms with van der Waals surface area (Å²) in [5.74, 6) is -0.164. The Morgan fingerprint density at radius 1 is 1.31 bits per heavy atom. The molecule has 0 rings (SSSR count). The second-order valence-corrected chi connectivity index (χ2v) is 3.90. The maximum absolute atomic E-state index is 11.7. The number of ether oxygens (including phenoxy) is 1. The van der Waals surface area contributed by atoms with Crippen molar-refractivity contribution in [1.29, 1.82) is 0 Å². The van der Waals surface area contributed by atoms with E-state index in [2.05, 4.69) is 0 Å². The molecule has 0 radical (unpaired) electrons. The van der Waals surface area contributed by atoms with Gasteiger partial charge in [-0.25, -0.2) is 0 Å². The molecule has 0 fully saturated rings. The van der Waals surface area contributed by atoms with Gasteiger partial charge in [0.05, 0.1) is 5.41 Å². The number of esters is 1. The topological polar surface area (TPSA) is 26.3 Å². The van der Waals surface area contributed by atoms with E-state index in [9.17, 15) is 4.79 Å². The molecule has 0 aromatic heterocycles. The molecule has 0 amide bonds. The van der Waals surface area contributed by atoms with E-state index in [1.54, 1.807) is 6.92 Å². The van der Waals surface area contributed by atoms with Crippen molar-refractivity contribution in [3.8, 4) is 0 Å². The monoisotopic (exact) mass is 206 g/mol. The number of carbonyl (C=O) groups excluding carboxylic acids is 1. The van der Waals surface area contributed by atoms with Crippen molar-refractivity contribution in [2.24, 2.45) is 5.41 Å². The first kappa shape index (κ1) is 12.8. The summed E-state index contributed by atoms with van der Waals surface area (Å²) in [5, 5.41) is 0. The summed E-state index contributed by atoms with van der Waals surface area (Å²) in [7, 11) is 0. The second kappa shape index (κ2) is 5.48. The number of halogens is 1. The summed E-state index contributed by atoms with van der Waals surface area (Å²) in [6, 6.07) is 0. The Hall–Kier alpha value is -0.240. The van der Waals surface area contributed by atoms with Crippen LogP contribution in [0.3, 0.4) is 0 Å². The van der Waals surface area contributed by atoms with Crippen molar-refractivity contribution in [2.75, 3.05) is 0 Å². The zero-order chi connectivity index (χ0) is 10.5. The first-order valence-corrected chi connectivity index (χ1v) is 5.31. The average molecular weight is 207 g/mol. The number of hydrogen-bond donors (Lipinski definition) is 0. The average Bonchev–Trinajstić information content (AvgIpc) is 2.07. The van der Waals surface area contributed by atoms with E-state index >= 15 is 0 Å². The van der Waals surface area contributed by atoms with Gasteiger partial charge in [-0.1, -0.05) is 32.4 Å². The number of hydrogen-bond acceptors (Lipinski definition) is 2. The van der Waals surface area contributed by atoms with E-state index < -0.39 is 5.56 Å². The second-order valence-electron chi connectivity index (χ2n) is 3.29. The van der Waals surface area contributed by atoms with Crippen LogP contribution in [0.1, 0.15) is 47.0 Å². The minimum Gasteiger partial charge on any atom is -0.446 e. The lowest BCUT2D eigenvalue weighted by Crippen LogP contribution is -2.32. The SMILES string of the molecule is CCC(CC)(CC)C(=O)OC(C)Cl. The van der Waals surface area contributed by atoms with Gasteiger partial charge in [-0.15, -0.1) is 0 Å². The van der Waals surface area contributed by atoms with E-state index in [-0.39, 0.29) is 11.4 Å². The van der Waals surface area contributed by atoms with Crippen LogP contribution in [0.2, 0.25) is 0 Å². The zero-order valence-electron chi connectivity index (χ0n) is 8.89. The predicted molar refractivity (Wildman–Crippen MR) is 54.7 cm³/mol. The van der Waals surface area contributed by atoms with E-state index in [0.717, 1.165) is 19.3 Å². The van der Waals surface area contributed by atoms with Gasteiger partial charge < -0.3 is 4.74 Å². The van der Waals surface area contributed by atoms with Gasteiger partial charge in [-0.2, -0.15) is 0 Å². The van der Waals surface area contributed by atoms with Gasteiger partial charge in [0, 0.05) is 0 Å². The van der Waals surface area contributed by atoms with Crippen LogP contribution in [0.15, 0.2) is 0 Å². The maximum atomic E-state index is 11.7. The zero-order valence-corrected chi connectivity index (χ0v) is 9.65. The van der Waals surface area contributed by atoms with Crippen LogP contribution in [0.5, 0.6) is 0 Å². The Labute approximate surface area is 85.6 Å². The van der Waals surface area contributed by atoms with Gasteiger partial charge in [0.2, 0.25) is 0 Å². The largest absolute Gasteiger partial charge is 0.446 e. The van der Waals surface area contributed by atoms with Crippen LogP contribution in [0, 0.1) is 5.41 Å². The highest BCUT2D eigenvalue weighted by Gasteiger charge is 2.35. The summed E-state index contributed by atoms with van der Waals surface area (Å²) < 4.78 is 5.01. The molecule has 1 unspecified atom stereocenters. The smallest absolute Gasteiger partial charge is 0.313 e. The minimum absolute atomic E-state index is 0.164. The highest BCUT2D eigenvalue weighted by molar-refractivity contribution is 6.20. The van der Waals surface area contributed by atoms with E-state index in [1.807, 2.05) is 20.8 Å². The molecule has 0 aliphatic heterocycles. The first-order valence-electron chi connectivity index (χ1n) is 4.87. The van der Waals surface area contributed by atoms with Crippen molar-refractivity contribution in [3.05, 3.63) is 0 Å². The molecule has 0 heterocycles. The Balaban J connectivity index is 4.44. The molecule has 0 aliphatic rings. The van der Waals surface area contributed by atoms with Gasteiger partial charge in [-0.3, -0.25) is 4.79 Å². The third kappa shape index (κ3) is 3.18. The van der Waals surface area contributed by atoms with Crippen LogP contribution in [-0.2, 0) is 9.53 Å². The molecule has 13 heavy (non-hydrogen) atoms. The third-order valence-corrected chi connectivity index (χ3v) is 2.82. The number of rotatable bonds is 5. The number of carbonyl (C=O) groups is 1. The number of alkyl halides is 1. The van der Waals surface area contributed by atoms with Crippen molar-refractivity contribution in [1.82, 2.24) is 0 Å². The summed E-state index contributed by atoms with van der Waals surface area (Å²) in [5.41, 5.74) is -0.861. The Bertz CT molecular complexity index is 154. The molecular formula is C10H19ClO2. The fourth-order valence-electron chi connectivity index (χ4n) is 1.46. The lowest BCUT2D eigenvalue weighted by molar-refractivity contribution is -0.158. The lowest BCUT2D eigenvalue weighted by Gasteiger charge is -2.28. The predicted octanol–water partition coefficient (Wildman–Crippen LogP) is 3.33. The molecular weight excluding hydrogens is 188 g/mol. The Morgan fingerprint density at radius 3 is 1.92 bits per heavy atom. The van der Waals surface area contributed by atoms with Gasteiger partial charge in [0.1, 0.15) is 0 Å². The van der Waals surface area contributed by atoms with Crippen LogP contribution in [-0.4, -0.2) is 11.5 Å². The van der Waals surface area contributed by atoms with Crippen LogP contribution in [0.25, 0.3) is 0 Å². The molecule has 0 N–H and O–H groups in total. The summed E-state index contributed by atoms with van der Waals surface area (Å²) in [4.78, 5) is 11.7. The standard InChI is InChI=1S/C10H19ClO2/c1-5-10(6-2,7-3)9(12)13-8(4)11/h8H,5-7H2,1-4H3. The highest BCUT2D eigenvalue weighted by atomic mass is 35.5. The highest BCUT2D eigenvalue weighted by Crippen LogP contribution is 2.32. The molecule has 3 heteroatoms. The normalized spacial score (nSPS) is 13.9. The molecule has 0 bridgehead atoms. The van der Waals surface area contributed by atoms with Crippen LogP contribution >= 0.6 is 11.6 Å². The van der Waals surface area contributed by atoms with Crippen molar-refractivity contribution in [2.45, 2.75) is 52.5 Å². The fourth-order valence-corrected chi connectivity index (χ4v) is 1.54. The van der Waals surface area contributed by atoms with Gasteiger partial charge in [0.15, 0.2) is 5.56 Å². The third-order valence-electron chi connectivity index (χ3n) is 2.73. The summed E-state index contributed by atoms with van der Waals surface area (Å²) in [6.45, 7) is 7.68. The summed E-state index contributed by atoms with van der Waals surface area (Å²) >= 11 is 5.61. The van der Waals surface area contributed by atoms with E-state index in [1.165, 1.54) is 0 Å². The minimum atomic E-state index is -0.531. The quantitative estimate of drug-likeness (QED) is 0.510.